The van der Waals surface area contributed by atoms with E-state index < -0.39 is 11.7 Å². The van der Waals surface area contributed by atoms with Gasteiger partial charge in [-0.25, -0.2) is 4.79 Å². The SMILES string of the molecule is CN=C(NCCCOc1ccccc1C)NCCNC(=O)OC(C)(C)C.I. The van der Waals surface area contributed by atoms with E-state index >= 15 is 0 Å². The van der Waals surface area contributed by atoms with Crippen LogP contribution in [-0.2, 0) is 4.74 Å². The number of nitrogens with zero attached hydrogens (tertiary/aromatic N) is 1. The van der Waals surface area contributed by atoms with Gasteiger partial charge in [0.05, 0.1) is 6.61 Å². The number of amides is 1. The Morgan fingerprint density at radius 1 is 1.07 bits per heavy atom. The molecular formula is C19H33IN4O3. The van der Waals surface area contributed by atoms with E-state index in [1.807, 2.05) is 52.0 Å². The van der Waals surface area contributed by atoms with Crippen LogP contribution in [0.25, 0.3) is 0 Å². The second kappa shape index (κ2) is 13.5. The third-order valence-corrected chi connectivity index (χ3v) is 3.27. The van der Waals surface area contributed by atoms with Crippen molar-refractivity contribution in [1.82, 2.24) is 16.0 Å². The molecule has 3 N–H and O–H groups in total. The second-order valence-corrected chi connectivity index (χ2v) is 6.82. The van der Waals surface area contributed by atoms with Gasteiger partial charge < -0.3 is 25.4 Å². The number of para-hydroxylation sites is 1. The molecule has 0 saturated carbocycles. The van der Waals surface area contributed by atoms with Gasteiger partial charge in [-0.15, -0.1) is 24.0 Å². The van der Waals surface area contributed by atoms with Crippen LogP contribution in [-0.4, -0.2) is 50.9 Å². The topological polar surface area (TPSA) is 84.0 Å². The average Bonchev–Trinajstić information content (AvgIpc) is 2.56. The Kier molecular flexibility index (Phi) is 12.6. The summed E-state index contributed by atoms with van der Waals surface area (Å²) in [6, 6.07) is 7.97. The molecule has 0 saturated heterocycles. The van der Waals surface area contributed by atoms with Crippen LogP contribution < -0.4 is 20.7 Å². The number of hydrogen-bond donors (Lipinski definition) is 3. The third kappa shape index (κ3) is 12.3. The largest absolute Gasteiger partial charge is 0.493 e. The van der Waals surface area contributed by atoms with Crippen LogP contribution in [0.2, 0.25) is 0 Å². The Morgan fingerprint density at radius 2 is 1.70 bits per heavy atom. The Bertz CT molecular complexity index is 589. The predicted molar refractivity (Wildman–Crippen MR) is 120 cm³/mol. The Labute approximate surface area is 179 Å². The number of nitrogens with one attached hydrogen (secondary N) is 3. The highest BCUT2D eigenvalue weighted by Gasteiger charge is 2.15. The lowest BCUT2D eigenvalue weighted by Crippen LogP contribution is -2.42. The minimum atomic E-state index is -0.491. The molecule has 0 aliphatic heterocycles. The first kappa shape index (κ1) is 25.3. The van der Waals surface area contributed by atoms with Crippen molar-refractivity contribution in [3.8, 4) is 5.75 Å². The second-order valence-electron chi connectivity index (χ2n) is 6.82. The highest BCUT2D eigenvalue weighted by molar-refractivity contribution is 14.0. The molecule has 1 rings (SSSR count). The standard InChI is InChI=1S/C19H32N4O3.HI/c1-15-9-6-7-10-16(15)25-14-8-11-21-17(20-5)22-12-13-23-18(24)26-19(2,3)4;/h6-7,9-10H,8,11-14H2,1-5H3,(H,23,24)(H2,20,21,22);1H. The number of alkyl carbamates (subject to hydrolysis) is 1. The summed E-state index contributed by atoms with van der Waals surface area (Å²) in [5, 5.41) is 9.04. The molecule has 0 aromatic heterocycles. The van der Waals surface area contributed by atoms with E-state index in [0.29, 0.717) is 25.7 Å². The fraction of sp³-hybridized carbons (Fsp3) is 0.579. The summed E-state index contributed by atoms with van der Waals surface area (Å²) in [6.45, 7) is 9.91. The molecule has 0 spiro atoms. The van der Waals surface area contributed by atoms with Crippen LogP contribution in [0.1, 0.15) is 32.8 Å². The van der Waals surface area contributed by atoms with Gasteiger partial charge in [-0.1, -0.05) is 18.2 Å². The highest BCUT2D eigenvalue weighted by atomic mass is 127. The number of guanidine groups is 1. The quantitative estimate of drug-likeness (QED) is 0.225. The first-order chi connectivity index (χ1) is 12.3. The van der Waals surface area contributed by atoms with Gasteiger partial charge in [0.2, 0.25) is 0 Å². The summed E-state index contributed by atoms with van der Waals surface area (Å²) in [7, 11) is 1.71. The molecule has 0 atom stereocenters. The van der Waals surface area contributed by atoms with Gasteiger partial charge in [0, 0.05) is 26.7 Å². The van der Waals surface area contributed by atoms with Crippen molar-refractivity contribution in [3.05, 3.63) is 29.8 Å². The van der Waals surface area contributed by atoms with Crippen molar-refractivity contribution in [2.75, 3.05) is 33.3 Å². The van der Waals surface area contributed by atoms with Crippen LogP contribution >= 0.6 is 24.0 Å². The number of carbonyl (C=O) groups excluding carboxylic acids is 1. The zero-order valence-corrected chi connectivity index (χ0v) is 19.3. The van der Waals surface area contributed by atoms with Crippen LogP contribution in [0, 0.1) is 6.92 Å². The van der Waals surface area contributed by atoms with E-state index in [9.17, 15) is 4.79 Å². The van der Waals surface area contributed by atoms with Gasteiger partial charge in [0.15, 0.2) is 5.96 Å². The van der Waals surface area contributed by atoms with Gasteiger partial charge in [-0.05, 0) is 45.7 Å². The third-order valence-electron chi connectivity index (χ3n) is 3.27. The molecule has 0 heterocycles. The zero-order valence-electron chi connectivity index (χ0n) is 16.9. The number of aryl methyl sites for hydroxylation is 1. The molecule has 0 aliphatic carbocycles. The lowest BCUT2D eigenvalue weighted by atomic mass is 10.2. The maximum Gasteiger partial charge on any atom is 0.407 e. The average molecular weight is 492 g/mol. The summed E-state index contributed by atoms with van der Waals surface area (Å²) in [5.74, 6) is 1.61. The number of ether oxygens (including phenoxy) is 2. The number of rotatable bonds is 8. The van der Waals surface area contributed by atoms with E-state index in [4.69, 9.17) is 9.47 Å². The number of hydrogen-bond acceptors (Lipinski definition) is 4. The predicted octanol–water partition coefficient (Wildman–Crippen LogP) is 3.07. The first-order valence-electron chi connectivity index (χ1n) is 8.91. The highest BCUT2D eigenvalue weighted by Crippen LogP contribution is 2.15. The van der Waals surface area contributed by atoms with E-state index in [-0.39, 0.29) is 24.0 Å². The molecule has 1 aromatic carbocycles. The van der Waals surface area contributed by atoms with Crippen LogP contribution in [0.4, 0.5) is 4.79 Å². The van der Waals surface area contributed by atoms with Crippen molar-refractivity contribution in [2.24, 2.45) is 4.99 Å². The van der Waals surface area contributed by atoms with Gasteiger partial charge in [-0.3, -0.25) is 4.99 Å². The molecule has 27 heavy (non-hydrogen) atoms. The van der Waals surface area contributed by atoms with Gasteiger partial charge in [0.25, 0.3) is 0 Å². The van der Waals surface area contributed by atoms with Gasteiger partial charge in [0.1, 0.15) is 11.4 Å². The molecule has 0 radical (unpaired) electrons. The van der Waals surface area contributed by atoms with Crippen molar-refractivity contribution in [2.45, 2.75) is 39.7 Å². The normalized spacial score (nSPS) is 11.2. The van der Waals surface area contributed by atoms with Crippen molar-refractivity contribution in [3.63, 3.8) is 0 Å². The fourth-order valence-electron chi connectivity index (χ4n) is 2.06. The number of aliphatic imine (C=N–C) groups is 1. The number of carbonyl (C=O) groups is 1. The molecule has 1 amide bonds. The van der Waals surface area contributed by atoms with Crippen LogP contribution in [0.15, 0.2) is 29.3 Å². The van der Waals surface area contributed by atoms with Gasteiger partial charge >= 0.3 is 6.09 Å². The minimum absolute atomic E-state index is 0. The molecule has 0 unspecified atom stereocenters. The summed E-state index contributed by atoms with van der Waals surface area (Å²) in [6.07, 6.45) is 0.432. The minimum Gasteiger partial charge on any atom is -0.493 e. The van der Waals surface area contributed by atoms with E-state index in [1.54, 1.807) is 7.05 Å². The Balaban J connectivity index is 0.00000676. The Hall–Kier alpha value is -1.71. The van der Waals surface area contributed by atoms with Crippen molar-refractivity contribution < 1.29 is 14.3 Å². The van der Waals surface area contributed by atoms with Crippen LogP contribution in [0.3, 0.4) is 0 Å². The number of benzene rings is 1. The molecule has 154 valence electrons. The fourth-order valence-corrected chi connectivity index (χ4v) is 2.06. The molecular weight excluding hydrogens is 459 g/mol. The Morgan fingerprint density at radius 3 is 2.33 bits per heavy atom. The maximum absolute atomic E-state index is 11.5. The molecule has 0 fully saturated rings. The van der Waals surface area contributed by atoms with Crippen molar-refractivity contribution in [1.29, 1.82) is 0 Å². The molecule has 0 aliphatic rings. The lowest BCUT2D eigenvalue weighted by molar-refractivity contribution is 0.0529. The summed E-state index contributed by atoms with van der Waals surface area (Å²) in [4.78, 5) is 15.7. The molecule has 0 bridgehead atoms. The summed E-state index contributed by atoms with van der Waals surface area (Å²) < 4.78 is 10.9. The van der Waals surface area contributed by atoms with E-state index in [2.05, 4.69) is 20.9 Å². The molecule has 8 heteroatoms. The van der Waals surface area contributed by atoms with Crippen LogP contribution in [0.5, 0.6) is 5.75 Å². The van der Waals surface area contributed by atoms with Crippen molar-refractivity contribution >= 4 is 36.0 Å². The summed E-state index contributed by atoms with van der Waals surface area (Å²) in [5.41, 5.74) is 0.644. The van der Waals surface area contributed by atoms with E-state index in [0.717, 1.165) is 24.3 Å². The maximum atomic E-state index is 11.5. The molecule has 1 aromatic rings. The monoisotopic (exact) mass is 492 g/mol. The molecule has 7 nitrogen and oxygen atoms in total. The van der Waals surface area contributed by atoms with Gasteiger partial charge in [-0.2, -0.15) is 0 Å². The first-order valence-corrected chi connectivity index (χ1v) is 8.91. The zero-order chi connectivity index (χ0) is 19.4. The van der Waals surface area contributed by atoms with E-state index in [1.165, 1.54) is 0 Å². The smallest absolute Gasteiger partial charge is 0.407 e. The summed E-state index contributed by atoms with van der Waals surface area (Å²) >= 11 is 0. The number of halogens is 1. The lowest BCUT2D eigenvalue weighted by Gasteiger charge is -2.20.